The van der Waals surface area contributed by atoms with E-state index >= 15 is 0 Å². The van der Waals surface area contributed by atoms with E-state index in [1.807, 2.05) is 4.90 Å². The van der Waals surface area contributed by atoms with Crippen LogP contribution in [0, 0.1) is 0 Å². The Kier molecular flexibility index (Phi) is 8.63. The van der Waals surface area contributed by atoms with Gasteiger partial charge in [-0.15, -0.1) is 11.3 Å². The second kappa shape index (κ2) is 12.1. The zero-order chi connectivity index (χ0) is 25.5. The Morgan fingerprint density at radius 1 is 1.14 bits per heavy atom. The van der Waals surface area contributed by atoms with Gasteiger partial charge in [0.25, 0.3) is 5.78 Å². The lowest BCUT2D eigenvalue weighted by atomic mass is 10.1. The van der Waals surface area contributed by atoms with Gasteiger partial charge in [-0.1, -0.05) is 29.8 Å². The summed E-state index contributed by atoms with van der Waals surface area (Å²) in [6.07, 6.45) is 3.08. The summed E-state index contributed by atoms with van der Waals surface area (Å²) in [7, 11) is 0. The largest absolute Gasteiger partial charge is 0.453 e. The number of aromatic nitrogens is 1. The molecule has 0 aliphatic carbocycles. The van der Waals surface area contributed by atoms with Crippen molar-refractivity contribution in [2.24, 2.45) is 0 Å². The molecule has 186 valence electrons. The predicted molar refractivity (Wildman–Crippen MR) is 138 cm³/mol. The third-order valence-corrected chi connectivity index (χ3v) is 6.41. The molecule has 0 spiro atoms. The molecule has 0 saturated heterocycles. The second-order valence-electron chi connectivity index (χ2n) is 7.77. The zero-order valence-electron chi connectivity index (χ0n) is 19.1. The van der Waals surface area contributed by atoms with Crippen molar-refractivity contribution in [1.29, 1.82) is 0 Å². The highest BCUT2D eigenvalue weighted by Crippen LogP contribution is 2.27. The van der Waals surface area contributed by atoms with Gasteiger partial charge in [-0.25, -0.2) is 9.78 Å². The molecule has 0 atom stereocenters. The summed E-state index contributed by atoms with van der Waals surface area (Å²) >= 11 is 7.48. The van der Waals surface area contributed by atoms with E-state index < -0.39 is 11.4 Å². The van der Waals surface area contributed by atoms with Gasteiger partial charge in [-0.05, 0) is 35.4 Å². The van der Waals surface area contributed by atoms with Crippen LogP contribution in [0.4, 0.5) is 0 Å². The molecule has 36 heavy (non-hydrogen) atoms. The second-order valence-corrected chi connectivity index (χ2v) is 9.07. The number of halogens is 1. The molecule has 0 aliphatic rings. The smallest absolute Gasteiger partial charge is 0.336 e. The van der Waals surface area contributed by atoms with Gasteiger partial charge in [0, 0.05) is 53.8 Å². The van der Waals surface area contributed by atoms with Gasteiger partial charge in [0.1, 0.15) is 11.3 Å². The summed E-state index contributed by atoms with van der Waals surface area (Å²) in [5.74, 6) is -0.120. The standard InChI is InChI=1S/C26H23ClN2O6S/c27-21-4-2-1-3-17(21)13-23(25(33)26-28-7-12-36-26)34-19-5-6-20-18(14-24(32)35-22(20)15-19)16-29(8-10-30)9-11-31/h1-7,12-15,30-31H,8-11,16H2/b23-13-. The van der Waals surface area contributed by atoms with E-state index in [2.05, 4.69) is 4.98 Å². The molecule has 0 unspecified atom stereocenters. The Morgan fingerprint density at radius 3 is 2.61 bits per heavy atom. The van der Waals surface area contributed by atoms with Crippen molar-refractivity contribution in [3.05, 3.63) is 97.4 Å². The van der Waals surface area contributed by atoms with Crippen molar-refractivity contribution < 1.29 is 24.2 Å². The highest BCUT2D eigenvalue weighted by Gasteiger charge is 2.19. The Morgan fingerprint density at radius 2 is 1.92 bits per heavy atom. The number of rotatable bonds is 11. The van der Waals surface area contributed by atoms with Gasteiger partial charge in [-0.3, -0.25) is 9.69 Å². The molecule has 8 nitrogen and oxygen atoms in total. The van der Waals surface area contributed by atoms with E-state index in [9.17, 15) is 19.8 Å². The summed E-state index contributed by atoms with van der Waals surface area (Å²) in [4.78, 5) is 31.3. The maximum Gasteiger partial charge on any atom is 0.336 e. The van der Waals surface area contributed by atoms with Crippen LogP contribution in [0.1, 0.15) is 20.9 Å². The fraction of sp³-hybridized carbons (Fsp3) is 0.192. The third-order valence-electron chi connectivity index (χ3n) is 5.30. The molecule has 2 N–H and O–H groups in total. The number of Topliss-reactive ketones (excluding diaryl/α,β-unsaturated/α-hetero) is 1. The lowest BCUT2D eigenvalue weighted by Crippen LogP contribution is -2.29. The number of aliphatic hydroxyl groups excluding tert-OH is 2. The molecule has 0 radical (unpaired) electrons. The predicted octanol–water partition coefficient (Wildman–Crippen LogP) is 3.99. The number of thiazole rings is 1. The number of allylic oxidation sites excluding steroid dienone is 1. The minimum absolute atomic E-state index is 0.00738. The number of carbonyl (C=O) groups is 1. The van der Waals surface area contributed by atoms with Crippen molar-refractivity contribution >= 4 is 45.8 Å². The number of hydrogen-bond acceptors (Lipinski definition) is 9. The number of nitrogens with zero attached hydrogens (tertiary/aromatic N) is 2. The van der Waals surface area contributed by atoms with E-state index in [0.29, 0.717) is 41.2 Å². The number of benzene rings is 2. The van der Waals surface area contributed by atoms with Crippen LogP contribution in [0.2, 0.25) is 5.02 Å². The van der Waals surface area contributed by atoms with Crippen LogP contribution in [0.15, 0.2) is 75.1 Å². The monoisotopic (exact) mass is 526 g/mol. The number of aliphatic hydroxyl groups is 2. The SMILES string of the molecule is O=C(/C(=C/c1ccccc1Cl)Oc1ccc2c(CN(CCO)CCO)cc(=O)oc2c1)c1nccs1. The first-order valence-electron chi connectivity index (χ1n) is 11.1. The van der Waals surface area contributed by atoms with Crippen LogP contribution >= 0.6 is 22.9 Å². The first-order valence-corrected chi connectivity index (χ1v) is 12.3. The minimum atomic E-state index is -0.548. The average molecular weight is 527 g/mol. The van der Waals surface area contributed by atoms with Gasteiger partial charge in [0.2, 0.25) is 0 Å². The summed E-state index contributed by atoms with van der Waals surface area (Å²) in [5, 5.41) is 21.7. The molecule has 2 aromatic carbocycles. The lowest BCUT2D eigenvalue weighted by molar-refractivity contribution is 0.0988. The first-order chi connectivity index (χ1) is 17.5. The van der Waals surface area contributed by atoms with E-state index in [1.54, 1.807) is 47.9 Å². The minimum Gasteiger partial charge on any atom is -0.453 e. The fourth-order valence-electron chi connectivity index (χ4n) is 3.64. The molecule has 2 heterocycles. The van der Waals surface area contributed by atoms with Crippen LogP contribution in [-0.2, 0) is 6.54 Å². The maximum absolute atomic E-state index is 13.1. The molecule has 0 saturated carbocycles. The van der Waals surface area contributed by atoms with Crippen molar-refractivity contribution in [1.82, 2.24) is 9.88 Å². The number of ether oxygens (including phenoxy) is 1. The summed E-state index contributed by atoms with van der Waals surface area (Å²) < 4.78 is 11.4. The quantitative estimate of drug-likeness (QED) is 0.130. The van der Waals surface area contributed by atoms with Crippen LogP contribution in [-0.4, -0.2) is 52.2 Å². The zero-order valence-corrected chi connectivity index (χ0v) is 20.7. The molecule has 4 rings (SSSR count). The Labute approximate surface area is 215 Å². The third kappa shape index (κ3) is 6.26. The topological polar surface area (TPSA) is 113 Å². The summed E-state index contributed by atoms with van der Waals surface area (Å²) in [5.41, 5.74) is 1.01. The van der Waals surface area contributed by atoms with Gasteiger partial charge >= 0.3 is 5.63 Å². The average Bonchev–Trinajstić information content (AvgIpc) is 3.39. The molecule has 0 fully saturated rings. The van der Waals surface area contributed by atoms with Crippen LogP contribution in [0.3, 0.4) is 0 Å². The Hall–Kier alpha value is -3.34. The molecule has 10 heteroatoms. The molecular formula is C26H23ClN2O6S. The van der Waals surface area contributed by atoms with Crippen LogP contribution in [0.5, 0.6) is 5.75 Å². The highest BCUT2D eigenvalue weighted by atomic mass is 35.5. The van der Waals surface area contributed by atoms with Crippen molar-refractivity contribution in [2.45, 2.75) is 6.54 Å². The van der Waals surface area contributed by atoms with Gasteiger partial charge in [0.15, 0.2) is 10.8 Å². The molecule has 0 aliphatic heterocycles. The summed E-state index contributed by atoms with van der Waals surface area (Å²) in [6.45, 7) is 0.872. The normalized spacial score (nSPS) is 11.8. The van der Waals surface area contributed by atoms with Crippen molar-refractivity contribution in [3.63, 3.8) is 0 Å². The van der Waals surface area contributed by atoms with E-state index in [1.165, 1.54) is 29.7 Å². The Balaban J connectivity index is 1.70. The van der Waals surface area contributed by atoms with Gasteiger partial charge < -0.3 is 19.4 Å². The molecule has 0 amide bonds. The van der Waals surface area contributed by atoms with Gasteiger partial charge in [0.05, 0.1) is 13.2 Å². The number of fused-ring (bicyclic) bond motifs is 1. The van der Waals surface area contributed by atoms with E-state index in [-0.39, 0.29) is 35.3 Å². The number of hydrogen-bond donors (Lipinski definition) is 2. The maximum atomic E-state index is 13.1. The van der Waals surface area contributed by atoms with Crippen molar-refractivity contribution in [2.75, 3.05) is 26.3 Å². The molecule has 2 aromatic heterocycles. The first kappa shape index (κ1) is 25.7. The molecule has 4 aromatic rings. The highest BCUT2D eigenvalue weighted by molar-refractivity contribution is 7.11. The van der Waals surface area contributed by atoms with Crippen LogP contribution < -0.4 is 10.4 Å². The van der Waals surface area contributed by atoms with Crippen molar-refractivity contribution in [3.8, 4) is 5.75 Å². The van der Waals surface area contributed by atoms with Crippen LogP contribution in [0.25, 0.3) is 17.0 Å². The van der Waals surface area contributed by atoms with E-state index in [0.717, 1.165) is 0 Å². The molecular weight excluding hydrogens is 504 g/mol. The number of carbonyl (C=O) groups excluding carboxylic acids is 1. The Bertz CT molecular complexity index is 1430. The summed E-state index contributed by atoms with van der Waals surface area (Å²) in [6, 6.07) is 13.4. The number of ketones is 1. The molecule has 0 bridgehead atoms. The fourth-order valence-corrected chi connectivity index (χ4v) is 4.41. The van der Waals surface area contributed by atoms with Gasteiger partial charge in [-0.2, -0.15) is 0 Å². The lowest BCUT2D eigenvalue weighted by Gasteiger charge is -2.20. The van der Waals surface area contributed by atoms with E-state index in [4.69, 9.17) is 20.8 Å².